The molecule has 2 aromatic rings. The summed E-state index contributed by atoms with van der Waals surface area (Å²) in [6.07, 6.45) is 6.38. The van der Waals surface area contributed by atoms with Crippen LogP contribution in [-0.2, 0) is 15.7 Å². The van der Waals surface area contributed by atoms with E-state index in [4.69, 9.17) is 9.47 Å². The number of esters is 1. The lowest BCUT2D eigenvalue weighted by Gasteiger charge is -2.11. The summed E-state index contributed by atoms with van der Waals surface area (Å²) >= 11 is 0. The van der Waals surface area contributed by atoms with E-state index in [0.717, 1.165) is 49.1 Å². The SMILES string of the molecule is CCCO/C1=C/C=C(/c2cc(C(=O)OCC)ccc2C#Cc2ccc(O)cc2C(F)(F)F)C=CCCC1. The van der Waals surface area contributed by atoms with Gasteiger partial charge in [0.1, 0.15) is 5.75 Å². The maximum atomic E-state index is 13.5. The summed E-state index contributed by atoms with van der Waals surface area (Å²) in [6, 6.07) is 7.73. The van der Waals surface area contributed by atoms with Crippen molar-refractivity contribution < 1.29 is 32.5 Å². The Kier molecular flexibility index (Phi) is 9.62. The number of phenolic OH excluding ortho intramolecular Hbond substituents is 1. The van der Waals surface area contributed by atoms with Gasteiger partial charge in [0.15, 0.2) is 0 Å². The van der Waals surface area contributed by atoms with Crippen LogP contribution in [0, 0.1) is 11.8 Å². The molecule has 0 bridgehead atoms. The minimum Gasteiger partial charge on any atom is -0.508 e. The first-order chi connectivity index (χ1) is 17.7. The number of alkyl halides is 3. The Morgan fingerprint density at radius 2 is 1.81 bits per heavy atom. The van der Waals surface area contributed by atoms with Gasteiger partial charge in [0.25, 0.3) is 0 Å². The Labute approximate surface area is 215 Å². The lowest BCUT2D eigenvalue weighted by atomic mass is 9.95. The molecule has 0 amide bonds. The minimum atomic E-state index is -4.68. The van der Waals surface area contributed by atoms with Crippen molar-refractivity contribution in [2.24, 2.45) is 0 Å². The van der Waals surface area contributed by atoms with Crippen LogP contribution in [0.1, 0.15) is 72.1 Å². The zero-order valence-corrected chi connectivity index (χ0v) is 20.8. The van der Waals surface area contributed by atoms with Crippen molar-refractivity contribution in [1.82, 2.24) is 0 Å². The first-order valence-corrected chi connectivity index (χ1v) is 12.2. The number of rotatable bonds is 6. The first-order valence-electron chi connectivity index (χ1n) is 12.2. The van der Waals surface area contributed by atoms with Crippen molar-refractivity contribution in [1.29, 1.82) is 0 Å². The number of hydrogen-bond donors (Lipinski definition) is 1. The standard InChI is InChI=1S/C30H29F3O4/c1-3-18-37-26-9-7-5-6-8-21(15-17-26)27-19-24(29(35)36-4-2)13-11-22(27)10-12-23-14-16-25(34)20-28(23)30(31,32)33/h6,8,11,13-17,19-20,34H,3-5,7,9,18H2,1-2H3/b8-6?,21-15+,26-17+. The van der Waals surface area contributed by atoms with Gasteiger partial charge < -0.3 is 14.6 Å². The Morgan fingerprint density at radius 1 is 1.05 bits per heavy atom. The van der Waals surface area contributed by atoms with Gasteiger partial charge in [0.05, 0.1) is 30.1 Å². The number of carbonyl (C=O) groups excluding carboxylic acids is 1. The largest absolute Gasteiger partial charge is 0.508 e. The molecule has 1 N–H and O–H groups in total. The van der Waals surface area contributed by atoms with Crippen LogP contribution in [0.15, 0.2) is 66.5 Å². The summed E-state index contributed by atoms with van der Waals surface area (Å²) in [5.74, 6) is 5.29. The summed E-state index contributed by atoms with van der Waals surface area (Å²) in [5, 5.41) is 9.55. The van der Waals surface area contributed by atoms with Gasteiger partial charge in [-0.05, 0) is 79.8 Å². The summed E-state index contributed by atoms with van der Waals surface area (Å²) in [4.78, 5) is 12.4. The predicted octanol–water partition coefficient (Wildman–Crippen LogP) is 7.42. The molecule has 0 saturated heterocycles. The molecule has 2 aromatic carbocycles. The third-order valence-corrected chi connectivity index (χ3v) is 5.51. The smallest absolute Gasteiger partial charge is 0.417 e. The molecule has 0 aliphatic heterocycles. The van der Waals surface area contributed by atoms with Gasteiger partial charge in [-0.1, -0.05) is 37.0 Å². The number of aromatic hydroxyl groups is 1. The fourth-order valence-corrected chi connectivity index (χ4v) is 3.70. The Balaban J connectivity index is 2.15. The molecule has 0 atom stereocenters. The van der Waals surface area contributed by atoms with Crippen molar-refractivity contribution in [2.45, 2.75) is 45.7 Å². The molecule has 0 radical (unpaired) electrons. The molecule has 0 unspecified atom stereocenters. The summed E-state index contributed by atoms with van der Waals surface area (Å²) in [7, 11) is 0. The topological polar surface area (TPSA) is 55.8 Å². The van der Waals surface area contributed by atoms with Crippen LogP contribution < -0.4 is 0 Å². The van der Waals surface area contributed by atoms with E-state index in [2.05, 4.69) is 11.8 Å². The summed E-state index contributed by atoms with van der Waals surface area (Å²) in [5.41, 5.74) is 0.774. The van der Waals surface area contributed by atoms with Crippen LogP contribution in [0.3, 0.4) is 0 Å². The number of ether oxygens (including phenoxy) is 2. The molecule has 0 spiro atoms. The molecule has 37 heavy (non-hydrogen) atoms. The Bertz CT molecular complexity index is 1270. The fourth-order valence-electron chi connectivity index (χ4n) is 3.70. The van der Waals surface area contributed by atoms with Crippen molar-refractivity contribution in [2.75, 3.05) is 13.2 Å². The zero-order chi connectivity index (χ0) is 26.8. The molecule has 4 nitrogen and oxygen atoms in total. The molecule has 7 heteroatoms. The lowest BCUT2D eigenvalue weighted by Crippen LogP contribution is -2.07. The maximum absolute atomic E-state index is 13.5. The van der Waals surface area contributed by atoms with E-state index < -0.39 is 23.5 Å². The minimum absolute atomic E-state index is 0.209. The second-order valence-corrected chi connectivity index (χ2v) is 8.36. The van der Waals surface area contributed by atoms with E-state index in [-0.39, 0.29) is 12.2 Å². The number of phenols is 1. The maximum Gasteiger partial charge on any atom is 0.417 e. The first kappa shape index (κ1) is 27.7. The van der Waals surface area contributed by atoms with Gasteiger partial charge in [-0.15, -0.1) is 0 Å². The van der Waals surface area contributed by atoms with Crippen molar-refractivity contribution in [3.05, 3.63) is 94.3 Å². The number of carbonyl (C=O) groups is 1. The third-order valence-electron chi connectivity index (χ3n) is 5.51. The molecule has 3 rings (SSSR count). The molecule has 0 heterocycles. The number of allylic oxidation sites excluding steroid dienone is 6. The van der Waals surface area contributed by atoms with E-state index in [0.29, 0.717) is 29.4 Å². The van der Waals surface area contributed by atoms with Gasteiger partial charge in [0.2, 0.25) is 0 Å². The Hall–Kier alpha value is -3.92. The second kappa shape index (κ2) is 12.9. The molecule has 0 fully saturated rings. The van der Waals surface area contributed by atoms with Gasteiger partial charge in [-0.3, -0.25) is 0 Å². The van der Waals surface area contributed by atoms with Gasteiger partial charge in [-0.2, -0.15) is 13.2 Å². The molecule has 1 aliphatic carbocycles. The van der Waals surface area contributed by atoms with Crippen LogP contribution >= 0.6 is 0 Å². The van der Waals surface area contributed by atoms with Gasteiger partial charge in [-0.25, -0.2) is 4.79 Å². The van der Waals surface area contributed by atoms with Crippen molar-refractivity contribution in [3.63, 3.8) is 0 Å². The highest BCUT2D eigenvalue weighted by atomic mass is 19.4. The van der Waals surface area contributed by atoms with E-state index in [1.807, 2.05) is 31.2 Å². The highest BCUT2D eigenvalue weighted by molar-refractivity contribution is 5.92. The fraction of sp³-hybridized carbons (Fsp3) is 0.300. The second-order valence-electron chi connectivity index (χ2n) is 8.36. The van der Waals surface area contributed by atoms with E-state index >= 15 is 0 Å². The van der Waals surface area contributed by atoms with Crippen LogP contribution in [0.2, 0.25) is 0 Å². The summed E-state index contributed by atoms with van der Waals surface area (Å²) < 4.78 is 51.5. The van der Waals surface area contributed by atoms with Crippen molar-refractivity contribution >= 4 is 11.5 Å². The molecule has 0 aromatic heterocycles. The average molecular weight is 511 g/mol. The summed E-state index contributed by atoms with van der Waals surface area (Å²) in [6.45, 7) is 4.55. The van der Waals surface area contributed by atoms with Crippen LogP contribution in [-0.4, -0.2) is 24.3 Å². The van der Waals surface area contributed by atoms with Crippen LogP contribution in [0.25, 0.3) is 5.57 Å². The average Bonchev–Trinajstić information content (AvgIpc) is 2.98. The van der Waals surface area contributed by atoms with Crippen molar-refractivity contribution in [3.8, 4) is 17.6 Å². The molecular formula is C30H29F3O4. The predicted molar refractivity (Wildman–Crippen MR) is 137 cm³/mol. The third kappa shape index (κ3) is 7.78. The lowest BCUT2D eigenvalue weighted by molar-refractivity contribution is -0.137. The monoisotopic (exact) mass is 510 g/mol. The van der Waals surface area contributed by atoms with E-state index in [9.17, 15) is 23.1 Å². The number of benzene rings is 2. The molecule has 1 aliphatic rings. The van der Waals surface area contributed by atoms with Crippen LogP contribution in [0.5, 0.6) is 5.75 Å². The number of halogens is 3. The molecule has 194 valence electrons. The number of hydrogen-bond acceptors (Lipinski definition) is 4. The Morgan fingerprint density at radius 3 is 2.54 bits per heavy atom. The quantitative estimate of drug-likeness (QED) is 0.325. The van der Waals surface area contributed by atoms with E-state index in [1.165, 1.54) is 6.07 Å². The van der Waals surface area contributed by atoms with E-state index in [1.54, 1.807) is 19.1 Å². The highest BCUT2D eigenvalue weighted by Gasteiger charge is 2.33. The van der Waals surface area contributed by atoms with Crippen LogP contribution in [0.4, 0.5) is 13.2 Å². The zero-order valence-electron chi connectivity index (χ0n) is 20.8. The van der Waals surface area contributed by atoms with Gasteiger partial charge >= 0.3 is 12.1 Å². The van der Waals surface area contributed by atoms with Gasteiger partial charge in [0, 0.05) is 17.5 Å². The molecular weight excluding hydrogens is 481 g/mol. The highest BCUT2D eigenvalue weighted by Crippen LogP contribution is 2.34. The molecule has 0 saturated carbocycles. The normalized spacial score (nSPS) is 16.6.